The number of aromatic nitrogens is 2. The average Bonchev–Trinajstić information content (AvgIpc) is 2.54. The molecule has 18 heavy (non-hydrogen) atoms. The molecule has 1 aromatic rings. The number of aryl methyl sites for hydroxylation is 1. The Hall–Kier alpha value is -1.18. The lowest BCUT2D eigenvalue weighted by Crippen LogP contribution is -2.19. The van der Waals surface area contributed by atoms with E-state index < -0.39 is 27.6 Å². The van der Waals surface area contributed by atoms with Gasteiger partial charge in [0.05, 0.1) is 4.75 Å². The van der Waals surface area contributed by atoms with E-state index >= 15 is 0 Å². The minimum absolute atomic E-state index is 0.192. The molecule has 0 aliphatic carbocycles. The van der Waals surface area contributed by atoms with Crippen LogP contribution >= 0.6 is 0 Å². The van der Waals surface area contributed by atoms with Crippen molar-refractivity contribution in [2.24, 2.45) is 11.4 Å². The normalized spacial score (nSPS) is 15.3. The van der Waals surface area contributed by atoms with Gasteiger partial charge in [-0.2, -0.15) is 22.7 Å². The molecular formula is C10H14F3N3OS. The molecule has 0 radical (unpaired) electrons. The molecule has 0 saturated heterocycles. The van der Waals surface area contributed by atoms with Crippen molar-refractivity contribution in [2.75, 3.05) is 0 Å². The number of rotatable bonds is 2. The highest BCUT2D eigenvalue weighted by Crippen LogP contribution is 2.29. The van der Waals surface area contributed by atoms with Crippen molar-refractivity contribution in [3.63, 3.8) is 0 Å². The molecule has 0 aromatic carbocycles. The van der Waals surface area contributed by atoms with E-state index in [4.69, 9.17) is 0 Å². The third kappa shape index (κ3) is 3.66. The molecule has 0 bridgehead atoms. The van der Waals surface area contributed by atoms with E-state index in [1.54, 1.807) is 20.8 Å². The van der Waals surface area contributed by atoms with Crippen molar-refractivity contribution < 1.29 is 17.4 Å². The quantitative estimate of drug-likeness (QED) is 0.781. The molecule has 102 valence electrons. The highest BCUT2D eigenvalue weighted by atomic mass is 32.2. The van der Waals surface area contributed by atoms with E-state index in [2.05, 4.69) is 9.50 Å². The maximum atomic E-state index is 12.6. The lowest BCUT2D eigenvalue weighted by atomic mass is 10.2. The monoisotopic (exact) mass is 281 g/mol. The van der Waals surface area contributed by atoms with Gasteiger partial charge in [0.15, 0.2) is 5.69 Å². The van der Waals surface area contributed by atoms with Gasteiger partial charge in [0.25, 0.3) is 0 Å². The van der Waals surface area contributed by atoms with Crippen LogP contribution in [-0.2, 0) is 24.2 Å². The van der Waals surface area contributed by atoms with Crippen LogP contribution in [0.1, 0.15) is 32.0 Å². The van der Waals surface area contributed by atoms with Gasteiger partial charge in [-0.15, -0.1) is 0 Å². The van der Waals surface area contributed by atoms with E-state index in [-0.39, 0.29) is 5.56 Å². The Morgan fingerprint density at radius 3 is 2.39 bits per heavy atom. The Kier molecular flexibility index (Phi) is 3.99. The molecule has 0 amide bonds. The van der Waals surface area contributed by atoms with Crippen LogP contribution in [0.15, 0.2) is 10.6 Å². The number of halogens is 3. The second kappa shape index (κ2) is 4.83. The molecule has 0 saturated carbocycles. The predicted molar refractivity (Wildman–Crippen MR) is 63.7 cm³/mol. The molecule has 0 aliphatic rings. The summed E-state index contributed by atoms with van der Waals surface area (Å²) in [6.45, 7) is 5.07. The van der Waals surface area contributed by atoms with Gasteiger partial charge in [-0.25, -0.2) is 4.21 Å². The fourth-order valence-corrected chi connectivity index (χ4v) is 1.61. The largest absolute Gasteiger partial charge is 0.435 e. The smallest absolute Gasteiger partial charge is 0.275 e. The van der Waals surface area contributed by atoms with Crippen LogP contribution in [0.5, 0.6) is 0 Å². The average molecular weight is 281 g/mol. The maximum absolute atomic E-state index is 12.6. The molecule has 1 atom stereocenters. The first kappa shape index (κ1) is 14.9. The molecule has 1 heterocycles. The standard InChI is InChI=1S/C10H14F3N3OS/c1-9(2,3)18(17)14-5-7-6-16(4)15-8(7)10(11,12)13/h5-6H,1-4H3. The summed E-state index contributed by atoms with van der Waals surface area (Å²) >= 11 is 0. The minimum Gasteiger partial charge on any atom is -0.275 e. The molecule has 8 heteroatoms. The summed E-state index contributed by atoms with van der Waals surface area (Å²) in [7, 11) is -0.216. The SMILES string of the molecule is Cn1cc(C=NS(=O)C(C)(C)C)c(C(F)(F)F)n1. The summed E-state index contributed by atoms with van der Waals surface area (Å²) in [4.78, 5) is 0. The van der Waals surface area contributed by atoms with E-state index in [1.807, 2.05) is 0 Å². The zero-order valence-corrected chi connectivity index (χ0v) is 11.3. The van der Waals surface area contributed by atoms with Gasteiger partial charge < -0.3 is 0 Å². The van der Waals surface area contributed by atoms with Crippen molar-refractivity contribution >= 4 is 17.2 Å². The first-order valence-corrected chi connectivity index (χ1v) is 6.19. The Balaban J connectivity index is 3.06. The Bertz CT molecular complexity index is 486. The molecule has 1 unspecified atom stereocenters. The summed E-state index contributed by atoms with van der Waals surface area (Å²) in [6.07, 6.45) is -2.41. The highest BCUT2D eigenvalue weighted by molar-refractivity contribution is 7.85. The van der Waals surface area contributed by atoms with Gasteiger partial charge in [-0.1, -0.05) is 0 Å². The fraction of sp³-hybridized carbons (Fsp3) is 0.600. The third-order valence-electron chi connectivity index (χ3n) is 1.94. The molecule has 1 aromatic heterocycles. The van der Waals surface area contributed by atoms with Crippen molar-refractivity contribution in [3.05, 3.63) is 17.5 Å². The van der Waals surface area contributed by atoms with E-state index in [0.29, 0.717) is 0 Å². The molecular weight excluding hydrogens is 267 g/mol. The molecule has 0 fully saturated rings. The first-order chi connectivity index (χ1) is 8.01. The molecule has 0 aliphatic heterocycles. The Morgan fingerprint density at radius 2 is 1.94 bits per heavy atom. The second-order valence-electron chi connectivity index (χ2n) is 4.70. The fourth-order valence-electron chi connectivity index (χ4n) is 1.08. The molecule has 4 nitrogen and oxygen atoms in total. The lowest BCUT2D eigenvalue weighted by Gasteiger charge is -2.12. The van der Waals surface area contributed by atoms with Crippen molar-refractivity contribution in [1.82, 2.24) is 9.78 Å². The van der Waals surface area contributed by atoms with Gasteiger partial charge in [-0.3, -0.25) is 4.68 Å². The zero-order valence-electron chi connectivity index (χ0n) is 10.4. The van der Waals surface area contributed by atoms with Crippen LogP contribution in [0.3, 0.4) is 0 Å². The number of alkyl halides is 3. The number of hydrogen-bond donors (Lipinski definition) is 0. The zero-order chi connectivity index (χ0) is 14.1. The van der Waals surface area contributed by atoms with Crippen LogP contribution < -0.4 is 0 Å². The Morgan fingerprint density at radius 1 is 1.39 bits per heavy atom. The van der Waals surface area contributed by atoms with Gasteiger partial charge in [0.2, 0.25) is 0 Å². The van der Waals surface area contributed by atoms with Crippen LogP contribution in [0.4, 0.5) is 13.2 Å². The van der Waals surface area contributed by atoms with Gasteiger partial charge in [0, 0.05) is 25.0 Å². The number of nitrogens with zero attached hydrogens (tertiary/aromatic N) is 3. The van der Waals surface area contributed by atoms with Gasteiger partial charge in [-0.05, 0) is 20.8 Å². The molecule has 0 N–H and O–H groups in total. The van der Waals surface area contributed by atoms with Crippen molar-refractivity contribution in [1.29, 1.82) is 0 Å². The number of hydrogen-bond acceptors (Lipinski definition) is 2. The lowest BCUT2D eigenvalue weighted by molar-refractivity contribution is -0.141. The summed E-state index contributed by atoms with van der Waals surface area (Å²) in [5.41, 5.74) is -1.22. The summed E-state index contributed by atoms with van der Waals surface area (Å²) in [6, 6.07) is 0. The minimum atomic E-state index is -4.55. The van der Waals surface area contributed by atoms with Crippen LogP contribution in [-0.4, -0.2) is 25.0 Å². The van der Waals surface area contributed by atoms with Gasteiger partial charge in [0.1, 0.15) is 11.0 Å². The topological polar surface area (TPSA) is 47.2 Å². The van der Waals surface area contributed by atoms with Crippen LogP contribution in [0, 0.1) is 0 Å². The first-order valence-electron chi connectivity index (χ1n) is 5.08. The summed E-state index contributed by atoms with van der Waals surface area (Å²) in [5.74, 6) is 0. The van der Waals surface area contributed by atoms with Crippen molar-refractivity contribution in [2.45, 2.75) is 31.7 Å². The van der Waals surface area contributed by atoms with E-state index in [0.717, 1.165) is 10.9 Å². The molecule has 1 rings (SSSR count). The summed E-state index contributed by atoms with van der Waals surface area (Å²) < 4.78 is 53.5. The third-order valence-corrected chi connectivity index (χ3v) is 3.28. The second-order valence-corrected chi connectivity index (χ2v) is 6.63. The highest BCUT2D eigenvalue weighted by Gasteiger charge is 2.36. The summed E-state index contributed by atoms with van der Waals surface area (Å²) in [5, 5.41) is 3.32. The van der Waals surface area contributed by atoms with Crippen LogP contribution in [0.25, 0.3) is 0 Å². The molecule has 0 spiro atoms. The van der Waals surface area contributed by atoms with E-state index in [1.165, 1.54) is 13.2 Å². The predicted octanol–water partition coefficient (Wildman–Crippen LogP) is 2.32. The maximum Gasteiger partial charge on any atom is 0.435 e. The van der Waals surface area contributed by atoms with Crippen molar-refractivity contribution in [3.8, 4) is 0 Å². The van der Waals surface area contributed by atoms with Crippen LogP contribution in [0.2, 0.25) is 0 Å². The van der Waals surface area contributed by atoms with Gasteiger partial charge >= 0.3 is 6.18 Å². The Labute approximate surface area is 105 Å². The van der Waals surface area contributed by atoms with E-state index in [9.17, 15) is 17.4 Å².